The number of hydrogen-bond acceptors (Lipinski definition) is 4. The van der Waals surface area contributed by atoms with E-state index in [-0.39, 0.29) is 11.7 Å². The molecule has 2 N–H and O–H groups in total. The number of nitrogens with one attached hydrogen (secondary N) is 1. The number of benzene rings is 2. The Bertz CT molecular complexity index is 1010. The zero-order valence-electron chi connectivity index (χ0n) is 18.5. The van der Waals surface area contributed by atoms with E-state index >= 15 is 0 Å². The fourth-order valence-corrected chi connectivity index (χ4v) is 3.71. The highest BCUT2D eigenvalue weighted by atomic mass is 16.3. The number of Topliss-reactive ketones (excluding diaryl/α,β-unsaturated/α-hetero) is 1. The lowest BCUT2D eigenvalue weighted by molar-refractivity contribution is 0.0941. The zero-order valence-corrected chi connectivity index (χ0v) is 18.5. The van der Waals surface area contributed by atoms with Crippen molar-refractivity contribution in [2.24, 2.45) is 0 Å². The van der Waals surface area contributed by atoms with Gasteiger partial charge in [-0.25, -0.2) is 0 Å². The molecule has 0 aliphatic rings. The maximum Gasteiger partial charge on any atom is 0.167 e. The van der Waals surface area contributed by atoms with Gasteiger partial charge in [0.2, 0.25) is 0 Å². The smallest absolute Gasteiger partial charge is 0.167 e. The minimum atomic E-state index is -0.705. The third-order valence-corrected chi connectivity index (χ3v) is 5.55. The van der Waals surface area contributed by atoms with Crippen molar-refractivity contribution in [1.82, 2.24) is 15.1 Å². The van der Waals surface area contributed by atoms with Crippen LogP contribution in [0.25, 0.3) is 6.08 Å². The fourth-order valence-electron chi connectivity index (χ4n) is 3.71. The van der Waals surface area contributed by atoms with Gasteiger partial charge >= 0.3 is 0 Å². The van der Waals surface area contributed by atoms with Crippen LogP contribution in [-0.4, -0.2) is 33.4 Å². The number of aromatic nitrogens is 2. The largest absolute Gasteiger partial charge is 0.378 e. The molecule has 0 fully saturated rings. The first-order valence-electron chi connectivity index (χ1n) is 10.7. The quantitative estimate of drug-likeness (QED) is 0.377. The van der Waals surface area contributed by atoms with E-state index in [1.54, 1.807) is 0 Å². The molecule has 0 bridgehead atoms. The first-order chi connectivity index (χ1) is 15.0. The Hall–Kier alpha value is -3.02. The van der Waals surface area contributed by atoms with Crippen molar-refractivity contribution in [3.05, 3.63) is 94.8 Å². The second kappa shape index (κ2) is 10.8. The SMILES string of the molecule is Cc1nn(C/C=C/c2ccccc2)c(C)c1C(=O)CCNC(O)C(C)c1ccccc1. The molecule has 2 atom stereocenters. The number of aryl methyl sites for hydroxylation is 1. The molecule has 0 saturated carbocycles. The summed E-state index contributed by atoms with van der Waals surface area (Å²) in [5, 5.41) is 18.0. The van der Waals surface area contributed by atoms with Crippen LogP contribution in [0.5, 0.6) is 0 Å². The minimum absolute atomic E-state index is 0.0420. The predicted octanol–water partition coefficient (Wildman–Crippen LogP) is 4.50. The van der Waals surface area contributed by atoms with Gasteiger partial charge in [0.25, 0.3) is 0 Å². The van der Waals surface area contributed by atoms with Gasteiger partial charge in [0.1, 0.15) is 6.23 Å². The number of allylic oxidation sites excluding steroid dienone is 1. The van der Waals surface area contributed by atoms with E-state index in [1.165, 1.54) is 0 Å². The molecule has 1 heterocycles. The van der Waals surface area contributed by atoms with Crippen LogP contribution in [0.3, 0.4) is 0 Å². The average molecular weight is 418 g/mol. The van der Waals surface area contributed by atoms with E-state index in [9.17, 15) is 9.90 Å². The molecule has 0 amide bonds. The highest BCUT2D eigenvalue weighted by molar-refractivity contribution is 5.98. The number of carbonyl (C=O) groups is 1. The molecule has 5 heteroatoms. The molecule has 2 unspecified atom stereocenters. The van der Waals surface area contributed by atoms with Gasteiger partial charge in [-0.05, 0) is 25.0 Å². The van der Waals surface area contributed by atoms with Crippen LogP contribution in [0.15, 0.2) is 66.7 Å². The highest BCUT2D eigenvalue weighted by Crippen LogP contribution is 2.18. The van der Waals surface area contributed by atoms with Crippen LogP contribution in [-0.2, 0) is 6.54 Å². The summed E-state index contributed by atoms with van der Waals surface area (Å²) in [6.07, 6.45) is 3.71. The highest BCUT2D eigenvalue weighted by Gasteiger charge is 2.19. The van der Waals surface area contributed by atoms with Crippen LogP contribution >= 0.6 is 0 Å². The molecule has 0 radical (unpaired) electrons. The van der Waals surface area contributed by atoms with Gasteiger partial charge in [-0.15, -0.1) is 0 Å². The summed E-state index contributed by atoms with van der Waals surface area (Å²) in [6, 6.07) is 20.0. The van der Waals surface area contributed by atoms with Gasteiger partial charge in [-0.1, -0.05) is 79.7 Å². The summed E-state index contributed by atoms with van der Waals surface area (Å²) >= 11 is 0. The normalized spacial score (nSPS) is 13.4. The van der Waals surface area contributed by atoms with Crippen molar-refractivity contribution in [3.8, 4) is 0 Å². The third kappa shape index (κ3) is 6.00. The van der Waals surface area contributed by atoms with Gasteiger partial charge in [-0.3, -0.25) is 14.8 Å². The van der Waals surface area contributed by atoms with Crippen LogP contribution in [0.2, 0.25) is 0 Å². The summed E-state index contributed by atoms with van der Waals surface area (Å²) in [5.74, 6) is -0.0146. The maximum atomic E-state index is 12.8. The van der Waals surface area contributed by atoms with Crippen molar-refractivity contribution < 1.29 is 9.90 Å². The molecule has 0 saturated heterocycles. The lowest BCUT2D eigenvalue weighted by Crippen LogP contribution is -2.35. The van der Waals surface area contributed by atoms with E-state index in [0.29, 0.717) is 25.1 Å². The standard InChI is InChI=1S/C26H31N3O2/c1-19(23-14-8-5-9-15-23)26(31)27-17-16-24(30)25-20(2)28-29(21(25)3)18-10-13-22-11-6-4-7-12-22/h4-15,19,26-27,31H,16-18H2,1-3H3/b13-10+. The van der Waals surface area contributed by atoms with Gasteiger partial charge < -0.3 is 5.11 Å². The molecule has 3 rings (SSSR count). The Morgan fingerprint density at radius 1 is 1.10 bits per heavy atom. The van der Waals surface area contributed by atoms with Crippen LogP contribution in [0, 0.1) is 13.8 Å². The van der Waals surface area contributed by atoms with Crippen molar-refractivity contribution in [3.63, 3.8) is 0 Å². The third-order valence-electron chi connectivity index (χ3n) is 5.55. The molecule has 0 aliphatic heterocycles. The molecule has 0 spiro atoms. The van der Waals surface area contributed by atoms with Crippen LogP contribution in [0.1, 0.15) is 52.1 Å². The second-order valence-corrected chi connectivity index (χ2v) is 7.81. The lowest BCUT2D eigenvalue weighted by atomic mass is 9.99. The van der Waals surface area contributed by atoms with E-state index in [4.69, 9.17) is 0 Å². The number of ketones is 1. The molecule has 162 valence electrons. The first kappa shape index (κ1) is 22.7. The summed E-state index contributed by atoms with van der Waals surface area (Å²) < 4.78 is 1.86. The van der Waals surface area contributed by atoms with Gasteiger partial charge in [-0.2, -0.15) is 5.10 Å². The molecule has 31 heavy (non-hydrogen) atoms. The van der Waals surface area contributed by atoms with Crippen molar-refractivity contribution in [2.45, 2.75) is 45.9 Å². The molecular formula is C26H31N3O2. The van der Waals surface area contributed by atoms with Crippen molar-refractivity contribution >= 4 is 11.9 Å². The number of carbonyl (C=O) groups excluding carboxylic acids is 1. The van der Waals surface area contributed by atoms with Gasteiger partial charge in [0.15, 0.2) is 5.78 Å². The topological polar surface area (TPSA) is 67.2 Å². The number of hydrogen-bond donors (Lipinski definition) is 2. The Labute approximate surface area is 184 Å². The van der Waals surface area contributed by atoms with Gasteiger partial charge in [0.05, 0.1) is 17.8 Å². The molecule has 1 aromatic heterocycles. The van der Waals surface area contributed by atoms with Gasteiger partial charge in [0, 0.05) is 24.6 Å². The number of aliphatic hydroxyl groups excluding tert-OH is 1. The predicted molar refractivity (Wildman–Crippen MR) is 125 cm³/mol. The minimum Gasteiger partial charge on any atom is -0.378 e. The molecular weight excluding hydrogens is 386 g/mol. The molecule has 5 nitrogen and oxygen atoms in total. The lowest BCUT2D eigenvalue weighted by Gasteiger charge is -2.20. The Kier molecular flexibility index (Phi) is 7.93. The Morgan fingerprint density at radius 2 is 1.74 bits per heavy atom. The van der Waals surface area contributed by atoms with E-state index < -0.39 is 6.23 Å². The second-order valence-electron chi connectivity index (χ2n) is 7.81. The maximum absolute atomic E-state index is 12.8. The Balaban J connectivity index is 1.55. The number of rotatable bonds is 10. The monoisotopic (exact) mass is 417 g/mol. The number of nitrogens with zero attached hydrogens (tertiary/aromatic N) is 2. The summed E-state index contributed by atoms with van der Waals surface area (Å²) in [6.45, 7) is 6.80. The fraction of sp³-hybridized carbons (Fsp3) is 0.308. The van der Waals surface area contributed by atoms with E-state index in [2.05, 4.69) is 16.5 Å². The van der Waals surface area contributed by atoms with Crippen LogP contribution in [0.4, 0.5) is 0 Å². The summed E-state index contributed by atoms with van der Waals surface area (Å²) in [4.78, 5) is 12.8. The zero-order chi connectivity index (χ0) is 22.2. The molecule has 3 aromatic rings. The first-order valence-corrected chi connectivity index (χ1v) is 10.7. The van der Waals surface area contributed by atoms with E-state index in [1.807, 2.05) is 92.2 Å². The Morgan fingerprint density at radius 3 is 2.42 bits per heavy atom. The molecule has 2 aromatic carbocycles. The van der Waals surface area contributed by atoms with Crippen molar-refractivity contribution in [1.29, 1.82) is 0 Å². The van der Waals surface area contributed by atoms with Crippen molar-refractivity contribution in [2.75, 3.05) is 6.54 Å². The molecule has 0 aliphatic carbocycles. The average Bonchev–Trinajstić information content (AvgIpc) is 3.07. The summed E-state index contributed by atoms with van der Waals surface area (Å²) in [5.41, 5.74) is 4.49. The van der Waals surface area contributed by atoms with E-state index in [0.717, 1.165) is 22.5 Å². The summed E-state index contributed by atoms with van der Waals surface area (Å²) in [7, 11) is 0. The van der Waals surface area contributed by atoms with Crippen LogP contribution < -0.4 is 5.32 Å². The number of aliphatic hydroxyl groups is 1.